The van der Waals surface area contributed by atoms with Gasteiger partial charge in [0.2, 0.25) is 5.91 Å². The summed E-state index contributed by atoms with van der Waals surface area (Å²) in [6.45, 7) is 0.666. The third kappa shape index (κ3) is 3.24. The normalized spacial score (nSPS) is 14.8. The highest BCUT2D eigenvalue weighted by Crippen LogP contribution is 2.40. The van der Waals surface area contributed by atoms with E-state index in [1.165, 1.54) is 24.0 Å². The molecule has 0 bridgehead atoms. The lowest BCUT2D eigenvalue weighted by Crippen LogP contribution is -2.26. The molecule has 2 rings (SSSR count). The highest BCUT2D eigenvalue weighted by Gasteiger charge is 2.23. The van der Waals surface area contributed by atoms with Crippen LogP contribution in [-0.4, -0.2) is 18.3 Å². The van der Waals surface area contributed by atoms with E-state index in [-0.39, 0.29) is 11.8 Å². The first kappa shape index (κ1) is 11.5. The Labute approximate surface area is 101 Å². The van der Waals surface area contributed by atoms with Crippen molar-refractivity contribution in [3.05, 3.63) is 35.4 Å². The first-order valence-corrected chi connectivity index (χ1v) is 6.24. The Morgan fingerprint density at radius 2 is 2.25 bits per heavy atom. The maximum Gasteiger partial charge on any atom is 0.234 e. The molecular formula is C13H16ClNO. The molecule has 0 spiro atoms. The van der Waals surface area contributed by atoms with Crippen LogP contribution in [0.15, 0.2) is 24.3 Å². The van der Waals surface area contributed by atoms with E-state index >= 15 is 0 Å². The third-order valence-corrected chi connectivity index (χ3v) is 3.10. The van der Waals surface area contributed by atoms with E-state index in [0.717, 1.165) is 12.3 Å². The van der Waals surface area contributed by atoms with Gasteiger partial charge in [-0.05, 0) is 36.3 Å². The fourth-order valence-electron chi connectivity index (χ4n) is 1.81. The molecule has 2 nitrogen and oxygen atoms in total. The molecule has 0 radical (unpaired) electrons. The van der Waals surface area contributed by atoms with Crippen LogP contribution >= 0.6 is 11.6 Å². The monoisotopic (exact) mass is 237 g/mol. The molecule has 1 aliphatic carbocycles. The number of rotatable bonds is 5. The van der Waals surface area contributed by atoms with Crippen LogP contribution in [0, 0.1) is 0 Å². The summed E-state index contributed by atoms with van der Waals surface area (Å²) in [6, 6.07) is 8.66. The molecule has 0 atom stereocenters. The van der Waals surface area contributed by atoms with Crippen LogP contribution in [0.4, 0.5) is 0 Å². The second-order valence-corrected chi connectivity index (χ2v) is 4.52. The molecule has 1 fully saturated rings. The molecule has 0 unspecified atom stereocenters. The van der Waals surface area contributed by atoms with Gasteiger partial charge in [0, 0.05) is 6.54 Å². The largest absolute Gasteiger partial charge is 0.355 e. The van der Waals surface area contributed by atoms with Crippen LogP contribution in [0.25, 0.3) is 0 Å². The van der Waals surface area contributed by atoms with Crippen molar-refractivity contribution in [1.82, 2.24) is 5.32 Å². The van der Waals surface area contributed by atoms with Crippen LogP contribution in [-0.2, 0) is 11.2 Å². The summed E-state index contributed by atoms with van der Waals surface area (Å²) in [5, 5.41) is 2.77. The Morgan fingerprint density at radius 3 is 2.94 bits per heavy atom. The van der Waals surface area contributed by atoms with E-state index < -0.39 is 0 Å². The second kappa shape index (κ2) is 5.35. The molecular weight excluding hydrogens is 222 g/mol. The number of alkyl halides is 1. The summed E-state index contributed by atoms with van der Waals surface area (Å²) >= 11 is 5.40. The van der Waals surface area contributed by atoms with E-state index in [1.54, 1.807) is 0 Å². The summed E-state index contributed by atoms with van der Waals surface area (Å²) in [5.41, 5.74) is 2.74. The fraction of sp³-hybridized carbons (Fsp3) is 0.462. The Kier molecular flexibility index (Phi) is 3.83. The van der Waals surface area contributed by atoms with Crippen LogP contribution in [0.5, 0.6) is 0 Å². The van der Waals surface area contributed by atoms with Gasteiger partial charge < -0.3 is 5.32 Å². The smallest absolute Gasteiger partial charge is 0.234 e. The number of carbonyl (C=O) groups is 1. The fourth-order valence-corrected chi connectivity index (χ4v) is 1.91. The average molecular weight is 238 g/mol. The van der Waals surface area contributed by atoms with Crippen molar-refractivity contribution in [2.45, 2.75) is 25.2 Å². The Bertz CT molecular complexity index is 374. The summed E-state index contributed by atoms with van der Waals surface area (Å²) in [7, 11) is 0. The van der Waals surface area contributed by atoms with Gasteiger partial charge in [0.1, 0.15) is 5.88 Å². The molecule has 0 aromatic heterocycles. The predicted octanol–water partition coefficient (Wildman–Crippen LogP) is 2.46. The van der Waals surface area contributed by atoms with Gasteiger partial charge in [-0.3, -0.25) is 4.79 Å². The van der Waals surface area contributed by atoms with Gasteiger partial charge in [-0.1, -0.05) is 24.3 Å². The SMILES string of the molecule is O=C(CCl)NCCc1cccc(C2CC2)c1. The lowest BCUT2D eigenvalue weighted by molar-refractivity contribution is -0.118. The van der Waals surface area contributed by atoms with Gasteiger partial charge in [0.25, 0.3) is 0 Å². The van der Waals surface area contributed by atoms with Gasteiger partial charge in [0.15, 0.2) is 0 Å². The molecule has 1 aromatic carbocycles. The quantitative estimate of drug-likeness (QED) is 0.784. The number of amides is 1. The van der Waals surface area contributed by atoms with E-state index in [0.29, 0.717) is 6.54 Å². The second-order valence-electron chi connectivity index (χ2n) is 4.25. The lowest BCUT2D eigenvalue weighted by Gasteiger charge is -2.05. The van der Waals surface area contributed by atoms with Gasteiger partial charge in [-0.25, -0.2) is 0 Å². The molecule has 86 valence electrons. The first-order valence-electron chi connectivity index (χ1n) is 5.71. The third-order valence-electron chi connectivity index (χ3n) is 2.86. The lowest BCUT2D eigenvalue weighted by atomic mass is 10.1. The van der Waals surface area contributed by atoms with E-state index in [2.05, 4.69) is 29.6 Å². The van der Waals surface area contributed by atoms with Crippen molar-refractivity contribution in [2.24, 2.45) is 0 Å². The average Bonchev–Trinajstić information content (AvgIpc) is 3.13. The number of hydrogen-bond donors (Lipinski definition) is 1. The number of carbonyl (C=O) groups excluding carboxylic acids is 1. The van der Waals surface area contributed by atoms with Gasteiger partial charge in [0.05, 0.1) is 0 Å². The molecule has 0 saturated heterocycles. The summed E-state index contributed by atoms with van der Waals surface area (Å²) in [6.07, 6.45) is 3.53. The highest BCUT2D eigenvalue weighted by molar-refractivity contribution is 6.27. The number of nitrogens with one attached hydrogen (secondary N) is 1. The number of benzene rings is 1. The van der Waals surface area contributed by atoms with E-state index in [4.69, 9.17) is 11.6 Å². The molecule has 1 amide bonds. The molecule has 1 aromatic rings. The van der Waals surface area contributed by atoms with Crippen LogP contribution in [0.2, 0.25) is 0 Å². The minimum absolute atomic E-state index is 0.0438. The van der Waals surface area contributed by atoms with Crippen molar-refractivity contribution in [2.75, 3.05) is 12.4 Å². The Morgan fingerprint density at radius 1 is 1.44 bits per heavy atom. The molecule has 1 saturated carbocycles. The molecule has 0 heterocycles. The maximum atomic E-state index is 10.9. The van der Waals surface area contributed by atoms with Crippen molar-refractivity contribution >= 4 is 17.5 Å². The number of halogens is 1. The highest BCUT2D eigenvalue weighted by atomic mass is 35.5. The van der Waals surface area contributed by atoms with Crippen molar-refractivity contribution in [3.8, 4) is 0 Å². The van der Waals surface area contributed by atoms with Crippen molar-refractivity contribution in [1.29, 1.82) is 0 Å². The van der Waals surface area contributed by atoms with Crippen LogP contribution < -0.4 is 5.32 Å². The summed E-state index contributed by atoms with van der Waals surface area (Å²) in [4.78, 5) is 10.9. The summed E-state index contributed by atoms with van der Waals surface area (Å²) in [5.74, 6) is 0.736. The Hall–Kier alpha value is -1.02. The zero-order valence-electron chi connectivity index (χ0n) is 9.21. The minimum atomic E-state index is -0.0972. The van der Waals surface area contributed by atoms with Crippen molar-refractivity contribution < 1.29 is 4.79 Å². The summed E-state index contributed by atoms with van der Waals surface area (Å²) < 4.78 is 0. The molecule has 16 heavy (non-hydrogen) atoms. The van der Waals surface area contributed by atoms with Crippen LogP contribution in [0.3, 0.4) is 0 Å². The molecule has 1 N–H and O–H groups in total. The standard InChI is InChI=1S/C13H16ClNO/c14-9-13(16)15-7-6-10-2-1-3-12(8-10)11-4-5-11/h1-3,8,11H,4-7,9H2,(H,15,16). The molecule has 1 aliphatic rings. The topological polar surface area (TPSA) is 29.1 Å². The van der Waals surface area contributed by atoms with E-state index in [9.17, 15) is 4.79 Å². The minimum Gasteiger partial charge on any atom is -0.355 e. The maximum absolute atomic E-state index is 10.9. The zero-order valence-corrected chi connectivity index (χ0v) is 9.96. The van der Waals surface area contributed by atoms with Gasteiger partial charge in [-0.2, -0.15) is 0 Å². The first-order chi connectivity index (χ1) is 7.79. The number of hydrogen-bond acceptors (Lipinski definition) is 1. The van der Waals surface area contributed by atoms with Crippen molar-refractivity contribution in [3.63, 3.8) is 0 Å². The van der Waals surface area contributed by atoms with Gasteiger partial charge in [-0.15, -0.1) is 11.6 Å². The Balaban J connectivity index is 1.84. The van der Waals surface area contributed by atoms with Gasteiger partial charge >= 0.3 is 0 Å². The molecule has 3 heteroatoms. The van der Waals surface area contributed by atoms with E-state index in [1.807, 2.05) is 0 Å². The zero-order chi connectivity index (χ0) is 11.4. The predicted molar refractivity (Wildman–Crippen MR) is 65.9 cm³/mol. The molecule has 0 aliphatic heterocycles. The van der Waals surface area contributed by atoms with Crippen LogP contribution in [0.1, 0.15) is 29.9 Å².